The third-order valence-electron chi connectivity index (χ3n) is 3.47. The summed E-state index contributed by atoms with van der Waals surface area (Å²) in [6.07, 6.45) is 1.76. The van der Waals surface area contributed by atoms with Crippen LogP contribution in [0.2, 0.25) is 0 Å². The molecule has 1 aromatic heterocycles. The van der Waals surface area contributed by atoms with Gasteiger partial charge in [0.1, 0.15) is 5.69 Å². The van der Waals surface area contributed by atoms with E-state index in [4.69, 9.17) is 0 Å². The Morgan fingerprint density at radius 2 is 2.00 bits per heavy atom. The van der Waals surface area contributed by atoms with Gasteiger partial charge in [-0.25, -0.2) is 4.98 Å². The highest BCUT2D eigenvalue weighted by molar-refractivity contribution is 7.19. The van der Waals surface area contributed by atoms with Crippen LogP contribution in [0.15, 0.2) is 24.3 Å². The molecular weight excluding hydrogens is 332 g/mol. The molecule has 0 spiro atoms. The molecule has 3 rings (SSSR count). The van der Waals surface area contributed by atoms with Gasteiger partial charge in [-0.2, -0.15) is 0 Å². The highest BCUT2D eigenvalue weighted by Crippen LogP contribution is 2.46. The van der Waals surface area contributed by atoms with Crippen LogP contribution in [-0.2, 0) is 4.79 Å². The first-order chi connectivity index (χ1) is 11.5. The number of carbonyl (C=O) groups is 2. The first-order valence-electron chi connectivity index (χ1n) is 7.28. The molecule has 1 fully saturated rings. The minimum absolute atomic E-state index is 0.0250. The number of benzene rings is 1. The average Bonchev–Trinajstić information content (AvgIpc) is 3.28. The maximum absolute atomic E-state index is 12.4. The van der Waals surface area contributed by atoms with Crippen molar-refractivity contribution < 1.29 is 14.5 Å². The molecule has 1 aromatic carbocycles. The van der Waals surface area contributed by atoms with Gasteiger partial charge in [-0.15, -0.1) is 0 Å². The molecule has 9 heteroatoms. The summed E-state index contributed by atoms with van der Waals surface area (Å²) in [7, 11) is 0. The lowest BCUT2D eigenvalue weighted by Gasteiger charge is -2.08. The molecule has 0 unspecified atom stereocenters. The number of thiazole rings is 1. The van der Waals surface area contributed by atoms with Crippen molar-refractivity contribution in [1.82, 2.24) is 4.98 Å². The van der Waals surface area contributed by atoms with Gasteiger partial charge in [0, 0.05) is 12.8 Å². The molecule has 0 radical (unpaired) electrons. The van der Waals surface area contributed by atoms with Gasteiger partial charge in [-0.3, -0.25) is 25.0 Å². The van der Waals surface area contributed by atoms with E-state index in [0.29, 0.717) is 11.4 Å². The van der Waals surface area contributed by atoms with Gasteiger partial charge in [0.15, 0.2) is 5.13 Å². The minimum Gasteiger partial charge on any atom is -0.326 e. The molecule has 0 atom stereocenters. The fourth-order valence-corrected chi connectivity index (χ4v) is 3.14. The van der Waals surface area contributed by atoms with Crippen molar-refractivity contribution in [3.63, 3.8) is 0 Å². The van der Waals surface area contributed by atoms with Gasteiger partial charge in [-0.1, -0.05) is 12.1 Å². The van der Waals surface area contributed by atoms with Gasteiger partial charge in [0.25, 0.3) is 5.91 Å². The quantitative estimate of drug-likeness (QED) is 0.637. The summed E-state index contributed by atoms with van der Waals surface area (Å²) in [5.41, 5.74) is 1.07. The third-order valence-corrected chi connectivity index (χ3v) is 4.41. The first-order valence-corrected chi connectivity index (χ1v) is 8.10. The number of aromatic nitrogens is 1. The van der Waals surface area contributed by atoms with E-state index in [1.807, 2.05) is 0 Å². The zero-order chi connectivity index (χ0) is 17.3. The fraction of sp³-hybridized carbons (Fsp3) is 0.267. The van der Waals surface area contributed by atoms with Crippen LogP contribution in [0, 0.1) is 10.1 Å². The molecule has 1 heterocycles. The molecule has 2 aromatic rings. The number of hydrogen-bond donors (Lipinski definition) is 2. The van der Waals surface area contributed by atoms with Crippen LogP contribution in [0.4, 0.5) is 15.8 Å². The van der Waals surface area contributed by atoms with Crippen molar-refractivity contribution in [2.45, 2.75) is 25.7 Å². The van der Waals surface area contributed by atoms with Crippen LogP contribution in [0.1, 0.15) is 41.7 Å². The van der Waals surface area contributed by atoms with Gasteiger partial charge in [0.2, 0.25) is 5.91 Å². The van der Waals surface area contributed by atoms with Crippen LogP contribution >= 0.6 is 11.3 Å². The number of anilines is 2. The molecule has 0 aliphatic heterocycles. The Balaban J connectivity index is 1.84. The molecule has 24 heavy (non-hydrogen) atoms. The van der Waals surface area contributed by atoms with E-state index in [9.17, 15) is 19.7 Å². The summed E-state index contributed by atoms with van der Waals surface area (Å²) in [6, 6.07) is 6.53. The Morgan fingerprint density at radius 3 is 2.62 bits per heavy atom. The van der Waals surface area contributed by atoms with E-state index < -0.39 is 10.8 Å². The predicted octanol–water partition coefficient (Wildman–Crippen LogP) is 3.14. The van der Waals surface area contributed by atoms with Crippen molar-refractivity contribution in [2.75, 3.05) is 10.6 Å². The summed E-state index contributed by atoms with van der Waals surface area (Å²) >= 11 is 0.849. The van der Waals surface area contributed by atoms with Crippen LogP contribution in [0.5, 0.6) is 0 Å². The smallest absolute Gasteiger partial charge is 0.326 e. The van der Waals surface area contributed by atoms with Gasteiger partial charge >= 0.3 is 5.00 Å². The Bertz CT molecular complexity index is 829. The number of para-hydroxylation sites is 1. The topological polar surface area (TPSA) is 114 Å². The zero-order valence-electron chi connectivity index (χ0n) is 12.7. The van der Waals surface area contributed by atoms with E-state index in [0.717, 1.165) is 24.2 Å². The highest BCUT2D eigenvalue weighted by atomic mass is 32.1. The Morgan fingerprint density at radius 1 is 1.29 bits per heavy atom. The normalized spacial score (nSPS) is 13.4. The van der Waals surface area contributed by atoms with Crippen molar-refractivity contribution in [1.29, 1.82) is 0 Å². The number of nitro groups is 1. The lowest BCUT2D eigenvalue weighted by atomic mass is 10.1. The van der Waals surface area contributed by atoms with Crippen molar-refractivity contribution in [3.8, 4) is 0 Å². The van der Waals surface area contributed by atoms with Crippen LogP contribution < -0.4 is 10.6 Å². The van der Waals surface area contributed by atoms with Gasteiger partial charge < -0.3 is 5.32 Å². The van der Waals surface area contributed by atoms with E-state index in [1.165, 1.54) is 6.92 Å². The van der Waals surface area contributed by atoms with Crippen molar-refractivity contribution in [3.05, 3.63) is 45.6 Å². The maximum atomic E-state index is 12.4. The molecule has 1 saturated carbocycles. The van der Waals surface area contributed by atoms with E-state index >= 15 is 0 Å². The van der Waals surface area contributed by atoms with E-state index in [-0.39, 0.29) is 27.5 Å². The van der Waals surface area contributed by atoms with E-state index in [2.05, 4.69) is 15.6 Å². The Labute approximate surface area is 141 Å². The van der Waals surface area contributed by atoms with Gasteiger partial charge in [0.05, 0.1) is 16.2 Å². The molecule has 0 saturated heterocycles. The summed E-state index contributed by atoms with van der Waals surface area (Å²) in [4.78, 5) is 38.5. The number of nitrogens with zero attached hydrogens (tertiary/aromatic N) is 2. The average molecular weight is 346 g/mol. The van der Waals surface area contributed by atoms with Crippen LogP contribution in [0.25, 0.3) is 0 Å². The highest BCUT2D eigenvalue weighted by Gasteiger charge is 2.35. The summed E-state index contributed by atoms with van der Waals surface area (Å²) in [5, 5.41) is 16.4. The van der Waals surface area contributed by atoms with Gasteiger partial charge in [-0.05, 0) is 36.3 Å². The Hall–Kier alpha value is -2.81. The standard InChI is InChI=1S/C15H14N4O4S/c1-8(20)16-11-5-3-2-4-10(11)13(21)18-15-17-12(9-6-7-9)14(24-15)19(22)23/h2-5,9H,6-7H2,1H3,(H,16,20)(H,17,18,21). The molecule has 1 aliphatic carbocycles. The van der Waals surface area contributed by atoms with Crippen molar-refractivity contribution >= 4 is 39.0 Å². The summed E-state index contributed by atoms with van der Waals surface area (Å²) < 4.78 is 0. The summed E-state index contributed by atoms with van der Waals surface area (Å²) in [6.45, 7) is 1.35. The minimum atomic E-state index is -0.481. The number of nitrogens with one attached hydrogen (secondary N) is 2. The monoisotopic (exact) mass is 346 g/mol. The van der Waals surface area contributed by atoms with E-state index in [1.54, 1.807) is 24.3 Å². The number of amides is 2. The van der Waals surface area contributed by atoms with Crippen LogP contribution in [-0.4, -0.2) is 21.7 Å². The van der Waals surface area contributed by atoms with Crippen molar-refractivity contribution in [2.24, 2.45) is 0 Å². The zero-order valence-corrected chi connectivity index (χ0v) is 13.6. The second-order valence-electron chi connectivity index (χ2n) is 5.42. The number of rotatable bonds is 5. The largest absolute Gasteiger partial charge is 0.349 e. The predicted molar refractivity (Wildman–Crippen MR) is 89.4 cm³/mol. The molecule has 1 aliphatic rings. The summed E-state index contributed by atoms with van der Waals surface area (Å²) in [5.74, 6) is -0.666. The second kappa shape index (κ2) is 6.36. The molecule has 124 valence electrons. The number of hydrogen-bond acceptors (Lipinski definition) is 6. The first kappa shape index (κ1) is 16.1. The molecule has 8 nitrogen and oxygen atoms in total. The SMILES string of the molecule is CC(=O)Nc1ccccc1C(=O)Nc1nc(C2CC2)c([N+](=O)[O-])s1. The Kier molecular flexibility index (Phi) is 4.26. The number of carbonyl (C=O) groups excluding carboxylic acids is 2. The second-order valence-corrected chi connectivity index (χ2v) is 6.40. The molecule has 0 bridgehead atoms. The third kappa shape index (κ3) is 3.40. The van der Waals surface area contributed by atoms with Crippen LogP contribution in [0.3, 0.4) is 0 Å². The molecule has 2 N–H and O–H groups in total. The molecular formula is C15H14N4O4S. The maximum Gasteiger partial charge on any atom is 0.349 e. The fourth-order valence-electron chi connectivity index (χ4n) is 2.28. The lowest BCUT2D eigenvalue weighted by Crippen LogP contribution is -2.16. The lowest BCUT2D eigenvalue weighted by molar-refractivity contribution is -0.381. The molecule has 2 amide bonds.